The first-order valence-corrected chi connectivity index (χ1v) is 15.3. The highest BCUT2D eigenvalue weighted by atomic mass is 19.4. The Morgan fingerprint density at radius 3 is 2.71 bits per heavy atom. The smallest absolute Gasteiger partial charge is 0.433 e. The van der Waals surface area contributed by atoms with E-state index in [9.17, 15) is 18.3 Å². The zero-order valence-electron chi connectivity index (χ0n) is 25.4. The number of nitrogens with one attached hydrogen (secondary N) is 4. The maximum atomic E-state index is 13.6. The lowest BCUT2D eigenvalue weighted by Crippen LogP contribution is -2.58. The Morgan fingerprint density at radius 1 is 1.22 bits per heavy atom. The van der Waals surface area contributed by atoms with E-state index in [1.54, 1.807) is 26.3 Å². The number of H-pyrrole nitrogens is 1. The van der Waals surface area contributed by atoms with Gasteiger partial charge in [-0.3, -0.25) is 14.6 Å². The Labute approximate surface area is 259 Å². The number of hydrogen-bond donors (Lipinski definition) is 5. The van der Waals surface area contributed by atoms with Crippen LogP contribution in [0.25, 0.3) is 0 Å². The average molecular weight is 628 g/mol. The summed E-state index contributed by atoms with van der Waals surface area (Å²) in [6, 6.07) is 4.77. The van der Waals surface area contributed by atoms with Crippen LogP contribution in [0.4, 0.5) is 19.0 Å². The van der Waals surface area contributed by atoms with Gasteiger partial charge in [0.1, 0.15) is 23.7 Å². The van der Waals surface area contributed by atoms with Crippen LogP contribution in [0.3, 0.4) is 0 Å². The van der Waals surface area contributed by atoms with E-state index in [4.69, 9.17) is 15.2 Å². The fourth-order valence-corrected chi connectivity index (χ4v) is 6.50. The molecule has 14 heteroatoms. The molecule has 5 heterocycles. The molecule has 1 saturated carbocycles. The minimum absolute atomic E-state index is 0.0325. The number of pyridine rings is 1. The van der Waals surface area contributed by atoms with E-state index in [1.165, 1.54) is 6.21 Å². The number of nitrogens with zero attached hydrogens (tertiary/aromatic N) is 5. The zero-order valence-corrected chi connectivity index (χ0v) is 25.4. The molecule has 2 fully saturated rings. The minimum atomic E-state index is -4.60. The third kappa shape index (κ3) is 6.63. The van der Waals surface area contributed by atoms with Crippen LogP contribution in [0, 0.1) is 5.41 Å². The molecule has 1 aliphatic carbocycles. The summed E-state index contributed by atoms with van der Waals surface area (Å²) in [7, 11) is 0. The van der Waals surface area contributed by atoms with Crippen molar-refractivity contribution in [2.75, 3.05) is 25.0 Å². The largest absolute Gasteiger partial charge is 0.474 e. The van der Waals surface area contributed by atoms with E-state index in [2.05, 4.69) is 36.7 Å². The molecule has 6 rings (SSSR count). The Hall–Kier alpha value is -3.75. The second kappa shape index (κ2) is 12.2. The van der Waals surface area contributed by atoms with Crippen molar-refractivity contribution in [3.63, 3.8) is 0 Å². The quantitative estimate of drug-likeness (QED) is 0.198. The van der Waals surface area contributed by atoms with Gasteiger partial charge in [-0.05, 0) is 63.4 Å². The Kier molecular flexibility index (Phi) is 8.48. The number of fused-ring (bicyclic) bond motifs is 1. The van der Waals surface area contributed by atoms with Gasteiger partial charge in [0.2, 0.25) is 5.88 Å². The predicted molar refractivity (Wildman–Crippen MR) is 164 cm³/mol. The number of aliphatic hydroxyl groups excluding tert-OH is 1. The molecule has 11 nitrogen and oxygen atoms in total. The van der Waals surface area contributed by atoms with Crippen LogP contribution < -0.4 is 15.4 Å². The molecule has 1 unspecified atom stereocenters. The highest BCUT2D eigenvalue weighted by molar-refractivity contribution is 5.79. The summed E-state index contributed by atoms with van der Waals surface area (Å²) in [6.45, 7) is 5.06. The van der Waals surface area contributed by atoms with Gasteiger partial charge >= 0.3 is 6.18 Å². The molecule has 1 atom stereocenters. The summed E-state index contributed by atoms with van der Waals surface area (Å²) >= 11 is 0. The van der Waals surface area contributed by atoms with Gasteiger partial charge in [0, 0.05) is 67.2 Å². The summed E-state index contributed by atoms with van der Waals surface area (Å²) in [4.78, 5) is 14.0. The van der Waals surface area contributed by atoms with Gasteiger partial charge in [-0.1, -0.05) is 0 Å². The second-order valence-corrected chi connectivity index (χ2v) is 13.0. The lowest BCUT2D eigenvalue weighted by molar-refractivity contribution is -0.141. The van der Waals surface area contributed by atoms with Crippen molar-refractivity contribution in [3.8, 4) is 5.88 Å². The Morgan fingerprint density at radius 2 is 2.00 bits per heavy atom. The number of aliphatic imine (C=N–C) groups is 1. The molecule has 0 spiro atoms. The van der Waals surface area contributed by atoms with Crippen LogP contribution in [0.2, 0.25) is 0 Å². The topological polar surface area (TPSA) is 139 Å². The third-order valence-electron chi connectivity index (χ3n) is 9.22. The van der Waals surface area contributed by atoms with Crippen molar-refractivity contribution in [3.05, 3.63) is 59.2 Å². The second-order valence-electron chi connectivity index (χ2n) is 13.0. The number of hydrogen-bond acceptors (Lipinski definition) is 9. The molecule has 3 aliphatic rings. The molecular weight excluding hydrogens is 587 g/mol. The molecule has 242 valence electrons. The maximum Gasteiger partial charge on any atom is 0.433 e. The summed E-state index contributed by atoms with van der Waals surface area (Å²) in [5.41, 5.74) is 0.557. The lowest BCUT2D eigenvalue weighted by Gasteiger charge is -2.52. The Balaban J connectivity index is 1.07. The molecule has 2 aliphatic heterocycles. The lowest BCUT2D eigenvalue weighted by atomic mass is 9.69. The number of piperidine rings is 1. The highest BCUT2D eigenvalue weighted by Crippen LogP contribution is 2.45. The number of anilines is 1. The van der Waals surface area contributed by atoms with Crippen molar-refractivity contribution in [2.24, 2.45) is 4.99 Å². The van der Waals surface area contributed by atoms with Gasteiger partial charge < -0.3 is 30.9 Å². The molecule has 45 heavy (non-hydrogen) atoms. The van der Waals surface area contributed by atoms with E-state index in [-0.39, 0.29) is 36.7 Å². The van der Waals surface area contributed by atoms with Crippen molar-refractivity contribution in [1.29, 1.82) is 5.41 Å². The van der Waals surface area contributed by atoms with Crippen LogP contribution in [0.5, 0.6) is 5.88 Å². The standard InChI is InChI=1S/C31H40F3N9O2/c1-29(2,18-44)39-15-20-11-25(31(32,33)34)41-26(12-20)45-23-4-9-42(10-5-23)22-13-30(14-22,6-7-35)43-17-21(16-40-43)27-24-3-8-36-28(24)38-19-37-27/h3,7-8,11-12,16-17,19,22-23,27,35-36,39,44H,4-6,9-10,13-15,18H2,1-2H3,(H,37,38). The molecule has 0 amide bonds. The van der Waals surface area contributed by atoms with E-state index in [0.29, 0.717) is 30.9 Å². The molecule has 3 aromatic heterocycles. The Bertz CT molecular complexity index is 1520. The van der Waals surface area contributed by atoms with E-state index >= 15 is 0 Å². The summed E-state index contributed by atoms with van der Waals surface area (Å²) in [6.07, 6.45) is 7.77. The number of aromatic nitrogens is 4. The number of alkyl halides is 3. The maximum absolute atomic E-state index is 13.6. The van der Waals surface area contributed by atoms with Gasteiger partial charge in [0.05, 0.1) is 24.7 Å². The average Bonchev–Trinajstić information content (AvgIpc) is 3.68. The van der Waals surface area contributed by atoms with Crippen LogP contribution >= 0.6 is 0 Å². The SMILES string of the molecule is CC(C)(CO)NCc1cc(OC2CCN(C3CC(CC=N)(n4cc(C5N=CNc6[nH]ccc65)cn4)C3)CC2)nc(C(F)(F)F)c1. The first-order valence-electron chi connectivity index (χ1n) is 15.3. The number of halogens is 3. The van der Waals surface area contributed by atoms with Gasteiger partial charge in [0.15, 0.2) is 0 Å². The first-order chi connectivity index (χ1) is 21.5. The van der Waals surface area contributed by atoms with E-state index < -0.39 is 17.4 Å². The van der Waals surface area contributed by atoms with Crippen LogP contribution in [-0.4, -0.2) is 79.7 Å². The number of aromatic amines is 1. The molecule has 1 saturated heterocycles. The fourth-order valence-electron chi connectivity index (χ4n) is 6.50. The first kappa shape index (κ1) is 31.2. The normalized spacial score (nSPS) is 24.1. The molecule has 0 radical (unpaired) electrons. The van der Waals surface area contributed by atoms with Crippen LogP contribution in [-0.2, 0) is 18.3 Å². The number of rotatable bonds is 11. The van der Waals surface area contributed by atoms with Gasteiger partial charge in [0.25, 0.3) is 0 Å². The van der Waals surface area contributed by atoms with Crippen molar-refractivity contribution < 1.29 is 23.0 Å². The highest BCUT2D eigenvalue weighted by Gasteiger charge is 2.49. The van der Waals surface area contributed by atoms with Crippen molar-refractivity contribution in [1.82, 2.24) is 30.0 Å². The zero-order chi connectivity index (χ0) is 31.8. The van der Waals surface area contributed by atoms with Gasteiger partial charge in [-0.25, -0.2) is 4.98 Å². The third-order valence-corrected chi connectivity index (χ3v) is 9.22. The molecule has 5 N–H and O–H groups in total. The van der Waals surface area contributed by atoms with Crippen LogP contribution in [0.15, 0.2) is 41.8 Å². The summed E-state index contributed by atoms with van der Waals surface area (Å²) in [5.74, 6) is 0.895. The molecular formula is C31H40F3N9O2. The van der Waals surface area contributed by atoms with Crippen molar-refractivity contribution in [2.45, 2.75) is 87.9 Å². The van der Waals surface area contributed by atoms with Gasteiger partial charge in [-0.15, -0.1) is 0 Å². The van der Waals surface area contributed by atoms with Crippen LogP contribution in [0.1, 0.15) is 74.4 Å². The van der Waals surface area contributed by atoms with Gasteiger partial charge in [-0.2, -0.15) is 18.3 Å². The molecule has 3 aromatic rings. The fraction of sp³-hybridized carbons (Fsp3) is 0.548. The number of likely N-dealkylation sites (tertiary alicyclic amines) is 1. The summed E-state index contributed by atoms with van der Waals surface area (Å²) < 4.78 is 48.9. The monoisotopic (exact) mass is 627 g/mol. The number of aliphatic hydroxyl groups is 1. The summed E-state index contributed by atoms with van der Waals surface area (Å²) in [5, 5.41) is 28.3. The molecule has 0 aromatic carbocycles. The molecule has 0 bridgehead atoms. The minimum Gasteiger partial charge on any atom is -0.474 e. The van der Waals surface area contributed by atoms with E-state index in [1.807, 2.05) is 23.1 Å². The number of ether oxygens (including phenoxy) is 1. The van der Waals surface area contributed by atoms with E-state index in [0.717, 1.165) is 48.9 Å². The van der Waals surface area contributed by atoms with Crippen molar-refractivity contribution >= 4 is 18.4 Å². The predicted octanol–water partition coefficient (Wildman–Crippen LogP) is 4.47.